The first-order chi connectivity index (χ1) is 20.8. The fourth-order valence-electron chi connectivity index (χ4n) is 3.77. The largest absolute Gasteiger partial charge is 0.505 e. The Bertz CT molecular complexity index is 2160. The van der Waals surface area contributed by atoms with E-state index in [1.807, 2.05) is 0 Å². The lowest BCUT2D eigenvalue weighted by molar-refractivity contribution is 0.472. The van der Waals surface area contributed by atoms with E-state index < -0.39 is 36.6 Å². The predicted octanol–water partition coefficient (Wildman–Crippen LogP) is 6.03. The molecule has 224 valence electrons. The van der Waals surface area contributed by atoms with Crippen LogP contribution in [-0.2, 0) is 20.2 Å². The van der Waals surface area contributed by atoms with Gasteiger partial charge < -0.3 is 16.2 Å². The molecule has 19 heteroatoms. The molecular formula is C25H18ClN9O7S2. The zero-order valence-electron chi connectivity index (χ0n) is 21.8. The molecule has 0 fully saturated rings. The second kappa shape index (κ2) is 11.9. The van der Waals surface area contributed by atoms with Crippen molar-refractivity contribution in [2.45, 2.75) is 9.79 Å². The first-order valence-electron chi connectivity index (χ1n) is 12.0. The van der Waals surface area contributed by atoms with Crippen molar-refractivity contribution in [1.29, 1.82) is 0 Å². The normalized spacial score (nSPS) is 12.3. The second-order valence-electron chi connectivity index (χ2n) is 8.78. The van der Waals surface area contributed by atoms with Gasteiger partial charge in [-0.15, -0.1) is 5.11 Å². The van der Waals surface area contributed by atoms with Crippen molar-refractivity contribution in [3.05, 3.63) is 78.1 Å². The van der Waals surface area contributed by atoms with Gasteiger partial charge >= 0.3 is 0 Å². The van der Waals surface area contributed by atoms with Crippen molar-refractivity contribution < 1.29 is 31.0 Å². The van der Waals surface area contributed by atoms with Crippen molar-refractivity contribution >= 4 is 82.9 Å². The third-order valence-corrected chi connectivity index (χ3v) is 7.65. The molecule has 4 aromatic carbocycles. The molecule has 0 spiro atoms. The highest BCUT2D eigenvalue weighted by molar-refractivity contribution is 7.86. The standard InChI is InChI=1S/C25H18ClN9O7S2/c26-23-29-24(27)31-25(30-23)28-17-7-10-19-13(11-17)12-20(44(40,41)42)21(22(19)36)35-34-15-3-1-14(2-4-15)32-33-16-5-8-18(9-6-16)43(37,38)39/h1-12,36H,(H,37,38,39)(H,40,41,42)(H3,27,28,29,30,31). The minimum absolute atomic E-state index is 0.0216. The Morgan fingerprint density at radius 3 is 1.84 bits per heavy atom. The van der Waals surface area contributed by atoms with E-state index in [4.69, 9.17) is 21.9 Å². The van der Waals surface area contributed by atoms with Crippen molar-refractivity contribution in [3.63, 3.8) is 0 Å². The molecule has 0 radical (unpaired) electrons. The summed E-state index contributed by atoms with van der Waals surface area (Å²) >= 11 is 5.80. The smallest absolute Gasteiger partial charge is 0.296 e. The molecule has 6 N–H and O–H groups in total. The molecule has 44 heavy (non-hydrogen) atoms. The quantitative estimate of drug-likeness (QED) is 0.0947. The predicted molar refractivity (Wildman–Crippen MR) is 159 cm³/mol. The Kier molecular flexibility index (Phi) is 8.17. The number of nitrogens with one attached hydrogen (secondary N) is 1. The number of nitrogen functional groups attached to an aromatic ring is 1. The van der Waals surface area contributed by atoms with Crippen LogP contribution in [0.4, 0.5) is 40.3 Å². The molecule has 0 atom stereocenters. The summed E-state index contributed by atoms with van der Waals surface area (Å²) in [5, 5.41) is 29.9. The summed E-state index contributed by atoms with van der Waals surface area (Å²) in [4.78, 5) is 10.5. The molecule has 5 aromatic rings. The zero-order chi connectivity index (χ0) is 31.6. The average molecular weight is 656 g/mol. The van der Waals surface area contributed by atoms with Gasteiger partial charge in [0.15, 0.2) is 5.75 Å². The van der Waals surface area contributed by atoms with Crippen LogP contribution < -0.4 is 11.1 Å². The Hall–Kier alpha value is -5.14. The molecule has 1 heterocycles. The number of azo groups is 2. The molecular weight excluding hydrogens is 638 g/mol. The molecule has 5 rings (SSSR count). The molecule has 0 saturated heterocycles. The van der Waals surface area contributed by atoms with Crippen molar-refractivity contribution in [3.8, 4) is 5.75 Å². The van der Waals surface area contributed by atoms with Gasteiger partial charge in [-0.05, 0) is 89.8 Å². The van der Waals surface area contributed by atoms with E-state index in [1.54, 1.807) is 6.07 Å². The second-order valence-corrected chi connectivity index (χ2v) is 11.9. The van der Waals surface area contributed by atoms with Gasteiger partial charge in [0.2, 0.25) is 17.2 Å². The molecule has 0 aliphatic carbocycles. The summed E-state index contributed by atoms with van der Waals surface area (Å²) < 4.78 is 65.7. The van der Waals surface area contributed by atoms with E-state index in [2.05, 4.69) is 40.7 Å². The highest BCUT2D eigenvalue weighted by Crippen LogP contribution is 2.42. The van der Waals surface area contributed by atoms with Gasteiger partial charge in [0.25, 0.3) is 20.2 Å². The summed E-state index contributed by atoms with van der Waals surface area (Å²) in [6.07, 6.45) is 0. The Labute approximate surface area is 253 Å². The number of nitrogens with zero attached hydrogens (tertiary/aromatic N) is 7. The number of phenolic OH excluding ortho intramolecular Hbond substituents is 1. The SMILES string of the molecule is Nc1nc(Cl)nc(Nc2ccc3c(O)c(N=Nc4ccc(N=Nc5ccc(S(=O)(=O)O)cc5)cc4)c(S(=O)(=O)O)cc3c2)n1. The maximum Gasteiger partial charge on any atom is 0.296 e. The number of nitrogens with two attached hydrogens (primary N) is 1. The van der Waals surface area contributed by atoms with Crippen LogP contribution in [0.25, 0.3) is 10.8 Å². The zero-order valence-corrected chi connectivity index (χ0v) is 24.2. The number of benzene rings is 4. The van der Waals surface area contributed by atoms with Crippen LogP contribution in [0.1, 0.15) is 0 Å². The van der Waals surface area contributed by atoms with Gasteiger partial charge in [-0.2, -0.15) is 47.1 Å². The number of phenols is 1. The number of aromatic nitrogens is 3. The van der Waals surface area contributed by atoms with Crippen molar-refractivity contribution in [2.75, 3.05) is 11.1 Å². The highest BCUT2D eigenvalue weighted by atomic mass is 35.5. The van der Waals surface area contributed by atoms with Gasteiger partial charge in [-0.25, -0.2) is 0 Å². The van der Waals surface area contributed by atoms with Crippen LogP contribution >= 0.6 is 11.6 Å². The van der Waals surface area contributed by atoms with E-state index in [-0.39, 0.29) is 38.5 Å². The lowest BCUT2D eigenvalue weighted by Crippen LogP contribution is -2.03. The number of anilines is 3. The highest BCUT2D eigenvalue weighted by Gasteiger charge is 2.22. The molecule has 0 aliphatic rings. The number of aromatic hydroxyl groups is 1. The van der Waals surface area contributed by atoms with E-state index in [0.717, 1.165) is 6.07 Å². The maximum absolute atomic E-state index is 12.2. The van der Waals surface area contributed by atoms with Crippen LogP contribution in [0.5, 0.6) is 5.75 Å². The van der Waals surface area contributed by atoms with Crippen LogP contribution in [-0.4, -0.2) is 46.0 Å². The minimum atomic E-state index is -4.86. The summed E-state index contributed by atoms with van der Waals surface area (Å²) in [5.74, 6) is -0.656. The molecule has 16 nitrogen and oxygen atoms in total. The van der Waals surface area contributed by atoms with Gasteiger partial charge in [0.1, 0.15) is 10.6 Å². The number of fused-ring (bicyclic) bond motifs is 1. The van der Waals surface area contributed by atoms with Crippen molar-refractivity contribution in [1.82, 2.24) is 15.0 Å². The number of hydrogen-bond donors (Lipinski definition) is 5. The van der Waals surface area contributed by atoms with Gasteiger partial charge in [0, 0.05) is 11.1 Å². The first-order valence-corrected chi connectivity index (χ1v) is 15.2. The first kappa shape index (κ1) is 30.3. The van der Waals surface area contributed by atoms with Gasteiger partial charge in [-0.3, -0.25) is 9.11 Å². The van der Waals surface area contributed by atoms with E-state index in [9.17, 15) is 26.5 Å². The topological polar surface area (TPSA) is 255 Å². The van der Waals surface area contributed by atoms with Gasteiger partial charge in [0.05, 0.1) is 22.0 Å². The lowest BCUT2D eigenvalue weighted by Gasteiger charge is -2.11. The molecule has 0 aliphatic heterocycles. The van der Waals surface area contributed by atoms with E-state index in [1.165, 1.54) is 60.7 Å². The lowest BCUT2D eigenvalue weighted by atomic mass is 10.1. The van der Waals surface area contributed by atoms with Crippen LogP contribution in [0.2, 0.25) is 5.28 Å². The summed E-state index contributed by atoms with van der Waals surface area (Å²) in [6.45, 7) is 0. The maximum atomic E-state index is 12.2. The number of halogens is 1. The summed E-state index contributed by atoms with van der Waals surface area (Å²) in [6, 6.07) is 16.7. The van der Waals surface area contributed by atoms with Crippen LogP contribution in [0, 0.1) is 0 Å². The van der Waals surface area contributed by atoms with E-state index >= 15 is 0 Å². The molecule has 0 amide bonds. The molecule has 1 aromatic heterocycles. The van der Waals surface area contributed by atoms with Crippen LogP contribution in [0.3, 0.4) is 0 Å². The van der Waals surface area contributed by atoms with Gasteiger partial charge in [-0.1, -0.05) is 0 Å². The van der Waals surface area contributed by atoms with Crippen molar-refractivity contribution in [2.24, 2.45) is 20.5 Å². The third-order valence-electron chi connectivity index (χ3n) is 5.74. The van der Waals surface area contributed by atoms with Crippen LogP contribution in [0.15, 0.2) is 103 Å². The average Bonchev–Trinajstić information content (AvgIpc) is 2.95. The minimum Gasteiger partial charge on any atom is -0.505 e. The molecule has 0 saturated carbocycles. The van der Waals surface area contributed by atoms with E-state index in [0.29, 0.717) is 17.1 Å². The Morgan fingerprint density at radius 2 is 1.30 bits per heavy atom. The third kappa shape index (κ3) is 7.07. The Morgan fingerprint density at radius 1 is 0.727 bits per heavy atom. The monoisotopic (exact) mass is 655 g/mol. The fraction of sp³-hybridized carbons (Fsp3) is 0. The number of rotatable bonds is 8. The summed E-state index contributed by atoms with van der Waals surface area (Å²) in [5.41, 5.74) is 6.42. The number of hydrogen-bond acceptors (Lipinski definition) is 14. The molecule has 0 unspecified atom stereocenters. The summed E-state index contributed by atoms with van der Waals surface area (Å²) in [7, 11) is -9.19. The molecule has 0 bridgehead atoms. The fourth-order valence-corrected chi connectivity index (χ4v) is 5.07. The Balaban J connectivity index is 1.40.